The fourth-order valence-corrected chi connectivity index (χ4v) is 1.96. The third-order valence-corrected chi connectivity index (χ3v) is 3.14. The summed E-state index contributed by atoms with van der Waals surface area (Å²) in [5.41, 5.74) is 2.15. The van der Waals surface area contributed by atoms with Crippen molar-refractivity contribution in [1.29, 1.82) is 0 Å². The molecule has 0 aromatic heterocycles. The quantitative estimate of drug-likeness (QED) is 0.821. The van der Waals surface area contributed by atoms with Gasteiger partial charge in [0, 0.05) is 6.54 Å². The normalized spacial score (nSPS) is 10.4. The van der Waals surface area contributed by atoms with Gasteiger partial charge in [-0.1, -0.05) is 25.1 Å². The zero-order valence-corrected chi connectivity index (χ0v) is 12.4. The number of phenolic OH excluding ortho intramolecular Hbond substituents is 1. The molecule has 0 saturated carbocycles. The van der Waals surface area contributed by atoms with Crippen LogP contribution in [0.4, 0.5) is 0 Å². The van der Waals surface area contributed by atoms with Gasteiger partial charge in [-0.2, -0.15) is 0 Å². The zero-order chi connectivity index (χ0) is 15.1. The van der Waals surface area contributed by atoms with E-state index in [-0.39, 0.29) is 5.75 Å². The van der Waals surface area contributed by atoms with Crippen LogP contribution in [-0.4, -0.2) is 18.8 Å². The molecule has 2 rings (SSSR count). The van der Waals surface area contributed by atoms with Crippen molar-refractivity contribution in [1.82, 2.24) is 5.32 Å². The Bertz CT molecular complexity index is 567. The lowest BCUT2D eigenvalue weighted by Gasteiger charge is -2.12. The number of hydrogen-bond donors (Lipinski definition) is 2. The van der Waals surface area contributed by atoms with Gasteiger partial charge in [0.15, 0.2) is 11.5 Å². The van der Waals surface area contributed by atoms with Crippen LogP contribution in [0.5, 0.6) is 17.2 Å². The molecule has 112 valence electrons. The van der Waals surface area contributed by atoms with E-state index in [1.807, 2.05) is 30.3 Å². The van der Waals surface area contributed by atoms with Crippen molar-refractivity contribution in [2.45, 2.75) is 20.1 Å². The smallest absolute Gasteiger partial charge is 0.161 e. The van der Waals surface area contributed by atoms with Crippen molar-refractivity contribution < 1.29 is 14.6 Å². The Morgan fingerprint density at radius 1 is 1.00 bits per heavy atom. The fraction of sp³-hybridized carbons (Fsp3) is 0.294. The minimum absolute atomic E-state index is 0.254. The molecule has 4 nitrogen and oxygen atoms in total. The SMILES string of the molecule is CCNCc1ccc(OCc2ccc(O)cc2)c(OC)c1. The van der Waals surface area contributed by atoms with Gasteiger partial charge in [0.05, 0.1) is 7.11 Å². The highest BCUT2D eigenvalue weighted by molar-refractivity contribution is 5.43. The van der Waals surface area contributed by atoms with Gasteiger partial charge in [0.25, 0.3) is 0 Å². The van der Waals surface area contributed by atoms with Gasteiger partial charge in [0.1, 0.15) is 12.4 Å². The standard InChI is InChI=1S/C17H21NO3/c1-3-18-11-14-6-9-16(17(10-14)20-2)21-12-13-4-7-15(19)8-5-13/h4-10,18-19H,3,11-12H2,1-2H3. The van der Waals surface area contributed by atoms with Gasteiger partial charge < -0.3 is 19.9 Å². The molecule has 2 aromatic carbocycles. The lowest BCUT2D eigenvalue weighted by molar-refractivity contribution is 0.284. The van der Waals surface area contributed by atoms with E-state index < -0.39 is 0 Å². The molecule has 0 aliphatic carbocycles. The minimum Gasteiger partial charge on any atom is -0.508 e. The van der Waals surface area contributed by atoms with Crippen LogP contribution in [0.25, 0.3) is 0 Å². The van der Waals surface area contributed by atoms with E-state index in [9.17, 15) is 5.11 Å². The molecule has 0 radical (unpaired) electrons. The van der Waals surface area contributed by atoms with E-state index >= 15 is 0 Å². The molecule has 0 aliphatic rings. The topological polar surface area (TPSA) is 50.7 Å². The number of ether oxygens (including phenoxy) is 2. The largest absolute Gasteiger partial charge is 0.508 e. The molecule has 0 saturated heterocycles. The van der Waals surface area contributed by atoms with Gasteiger partial charge in [-0.05, 0) is 41.9 Å². The van der Waals surface area contributed by atoms with Crippen LogP contribution in [0.3, 0.4) is 0 Å². The van der Waals surface area contributed by atoms with Crippen LogP contribution in [-0.2, 0) is 13.2 Å². The summed E-state index contributed by atoms with van der Waals surface area (Å²) < 4.78 is 11.2. The first kappa shape index (κ1) is 15.2. The summed E-state index contributed by atoms with van der Waals surface area (Å²) in [6.45, 7) is 4.25. The van der Waals surface area contributed by atoms with Crippen LogP contribution >= 0.6 is 0 Å². The second-order valence-electron chi connectivity index (χ2n) is 4.72. The van der Waals surface area contributed by atoms with Crippen LogP contribution < -0.4 is 14.8 Å². The monoisotopic (exact) mass is 287 g/mol. The van der Waals surface area contributed by atoms with Crippen molar-refractivity contribution in [2.24, 2.45) is 0 Å². The predicted molar refractivity (Wildman–Crippen MR) is 82.8 cm³/mol. The second kappa shape index (κ2) is 7.55. The van der Waals surface area contributed by atoms with Crippen molar-refractivity contribution in [2.75, 3.05) is 13.7 Å². The summed E-state index contributed by atoms with van der Waals surface area (Å²) in [5, 5.41) is 12.5. The number of phenols is 1. The Morgan fingerprint density at radius 3 is 2.38 bits per heavy atom. The summed E-state index contributed by atoms with van der Waals surface area (Å²) in [6, 6.07) is 12.9. The van der Waals surface area contributed by atoms with Crippen LogP contribution in [0.15, 0.2) is 42.5 Å². The highest BCUT2D eigenvalue weighted by Crippen LogP contribution is 2.29. The number of benzene rings is 2. The van der Waals surface area contributed by atoms with Gasteiger partial charge in [0.2, 0.25) is 0 Å². The van der Waals surface area contributed by atoms with Crippen molar-refractivity contribution in [3.8, 4) is 17.2 Å². The number of hydrogen-bond acceptors (Lipinski definition) is 4. The predicted octanol–water partition coefficient (Wildman–Crippen LogP) is 3.09. The first-order valence-corrected chi connectivity index (χ1v) is 7.01. The van der Waals surface area contributed by atoms with Crippen molar-refractivity contribution >= 4 is 0 Å². The van der Waals surface area contributed by atoms with E-state index in [1.54, 1.807) is 19.2 Å². The summed E-state index contributed by atoms with van der Waals surface area (Å²) in [5.74, 6) is 1.69. The molecule has 0 spiro atoms. The summed E-state index contributed by atoms with van der Waals surface area (Å²) in [6.07, 6.45) is 0. The van der Waals surface area contributed by atoms with Crippen molar-refractivity contribution in [3.63, 3.8) is 0 Å². The van der Waals surface area contributed by atoms with Crippen molar-refractivity contribution in [3.05, 3.63) is 53.6 Å². The van der Waals surface area contributed by atoms with E-state index in [0.717, 1.165) is 30.0 Å². The molecule has 0 heterocycles. The lowest BCUT2D eigenvalue weighted by Crippen LogP contribution is -2.11. The molecule has 0 amide bonds. The lowest BCUT2D eigenvalue weighted by atomic mass is 10.2. The summed E-state index contributed by atoms with van der Waals surface area (Å²) >= 11 is 0. The van der Waals surface area contributed by atoms with E-state index in [0.29, 0.717) is 12.4 Å². The molecule has 0 unspecified atom stereocenters. The van der Waals surface area contributed by atoms with E-state index in [4.69, 9.17) is 9.47 Å². The first-order valence-electron chi connectivity index (χ1n) is 7.01. The third-order valence-electron chi connectivity index (χ3n) is 3.14. The zero-order valence-electron chi connectivity index (χ0n) is 12.4. The number of methoxy groups -OCH3 is 1. The highest BCUT2D eigenvalue weighted by Gasteiger charge is 2.06. The average molecular weight is 287 g/mol. The number of nitrogens with one attached hydrogen (secondary N) is 1. The second-order valence-corrected chi connectivity index (χ2v) is 4.72. The van der Waals surface area contributed by atoms with E-state index in [1.165, 1.54) is 0 Å². The Balaban J connectivity index is 2.03. The maximum Gasteiger partial charge on any atom is 0.161 e. The number of rotatable bonds is 7. The maximum absolute atomic E-state index is 9.26. The average Bonchev–Trinajstić information content (AvgIpc) is 2.52. The third kappa shape index (κ3) is 4.39. The van der Waals surface area contributed by atoms with Gasteiger partial charge in [-0.15, -0.1) is 0 Å². The molecule has 0 bridgehead atoms. The Hall–Kier alpha value is -2.20. The molecule has 21 heavy (non-hydrogen) atoms. The first-order chi connectivity index (χ1) is 10.2. The Morgan fingerprint density at radius 2 is 1.71 bits per heavy atom. The molecular weight excluding hydrogens is 266 g/mol. The maximum atomic E-state index is 9.26. The molecule has 2 N–H and O–H groups in total. The molecule has 0 fully saturated rings. The molecule has 4 heteroatoms. The van der Waals surface area contributed by atoms with Gasteiger partial charge in [-0.3, -0.25) is 0 Å². The Kier molecular flexibility index (Phi) is 5.46. The molecule has 0 atom stereocenters. The van der Waals surface area contributed by atoms with Gasteiger partial charge >= 0.3 is 0 Å². The summed E-state index contributed by atoms with van der Waals surface area (Å²) in [4.78, 5) is 0. The van der Waals surface area contributed by atoms with Crippen LogP contribution in [0.1, 0.15) is 18.1 Å². The van der Waals surface area contributed by atoms with Crippen LogP contribution in [0, 0.1) is 0 Å². The highest BCUT2D eigenvalue weighted by atomic mass is 16.5. The van der Waals surface area contributed by atoms with Gasteiger partial charge in [-0.25, -0.2) is 0 Å². The molecule has 2 aromatic rings. The fourth-order valence-electron chi connectivity index (χ4n) is 1.96. The molecular formula is C17H21NO3. The van der Waals surface area contributed by atoms with E-state index in [2.05, 4.69) is 12.2 Å². The number of aromatic hydroxyl groups is 1. The Labute approximate surface area is 125 Å². The summed E-state index contributed by atoms with van der Waals surface area (Å²) in [7, 11) is 1.64. The van der Waals surface area contributed by atoms with Crippen LogP contribution in [0.2, 0.25) is 0 Å². The molecule has 0 aliphatic heterocycles. The minimum atomic E-state index is 0.254.